The molecule has 0 unspecified atom stereocenters. The smallest absolute Gasteiger partial charge is 0.336 e. The molecule has 1 N–H and O–H groups in total. The standard InChI is InChI=1S/C15H10O2S/c16-15(17)13-9-18-14-8-4-3-7-12(14)10-5-1-2-6-11(10)13/h1-9H,(H,16,17). The Kier molecular flexibility index (Phi) is 2.68. The highest BCUT2D eigenvalue weighted by molar-refractivity contribution is 8.02. The fourth-order valence-electron chi connectivity index (χ4n) is 2.10. The van der Waals surface area contributed by atoms with Crippen molar-refractivity contribution < 1.29 is 9.90 Å². The van der Waals surface area contributed by atoms with Crippen LogP contribution in [0.4, 0.5) is 0 Å². The molecule has 1 aliphatic heterocycles. The number of carbonyl (C=O) groups is 1. The molecule has 0 atom stereocenters. The van der Waals surface area contributed by atoms with Gasteiger partial charge in [0.05, 0.1) is 5.57 Å². The maximum atomic E-state index is 11.3. The first-order valence-electron chi connectivity index (χ1n) is 5.56. The van der Waals surface area contributed by atoms with Gasteiger partial charge >= 0.3 is 5.97 Å². The summed E-state index contributed by atoms with van der Waals surface area (Å²) < 4.78 is 0. The number of aliphatic carboxylic acids is 1. The van der Waals surface area contributed by atoms with Gasteiger partial charge in [0.25, 0.3) is 0 Å². The Bertz CT molecular complexity index is 659. The Morgan fingerprint density at radius 1 is 0.889 bits per heavy atom. The Morgan fingerprint density at radius 2 is 1.50 bits per heavy atom. The summed E-state index contributed by atoms with van der Waals surface area (Å²) >= 11 is 1.46. The molecule has 0 aromatic heterocycles. The third-order valence-electron chi connectivity index (χ3n) is 2.93. The summed E-state index contributed by atoms with van der Waals surface area (Å²) in [6.45, 7) is 0. The van der Waals surface area contributed by atoms with Crippen molar-refractivity contribution in [1.82, 2.24) is 0 Å². The Morgan fingerprint density at radius 3 is 2.22 bits per heavy atom. The van der Waals surface area contributed by atoms with Crippen LogP contribution in [-0.2, 0) is 4.79 Å². The maximum Gasteiger partial charge on any atom is 0.336 e. The minimum absolute atomic E-state index is 0.354. The number of thioether (sulfide) groups is 1. The van der Waals surface area contributed by atoms with Crippen LogP contribution in [0.2, 0.25) is 0 Å². The average molecular weight is 254 g/mol. The van der Waals surface area contributed by atoms with Crippen molar-refractivity contribution in [2.45, 2.75) is 4.90 Å². The molecule has 0 saturated carbocycles. The predicted molar refractivity (Wildman–Crippen MR) is 73.3 cm³/mol. The predicted octanol–water partition coefficient (Wildman–Crippen LogP) is 3.88. The summed E-state index contributed by atoms with van der Waals surface area (Å²) in [5, 5.41) is 11.0. The molecule has 1 heterocycles. The van der Waals surface area contributed by atoms with E-state index in [0.717, 1.165) is 21.6 Å². The van der Waals surface area contributed by atoms with Crippen LogP contribution in [0.1, 0.15) is 5.56 Å². The molecule has 0 bridgehead atoms. The molecular formula is C15H10O2S. The van der Waals surface area contributed by atoms with Gasteiger partial charge < -0.3 is 5.11 Å². The molecule has 0 amide bonds. The van der Waals surface area contributed by atoms with Gasteiger partial charge in [-0.05, 0) is 28.2 Å². The molecule has 3 rings (SSSR count). The molecule has 18 heavy (non-hydrogen) atoms. The number of fused-ring (bicyclic) bond motifs is 3. The molecule has 3 heteroatoms. The first-order chi connectivity index (χ1) is 8.77. The zero-order valence-electron chi connectivity index (χ0n) is 9.46. The summed E-state index contributed by atoms with van der Waals surface area (Å²) in [7, 11) is 0. The van der Waals surface area contributed by atoms with Gasteiger partial charge in [-0.3, -0.25) is 0 Å². The van der Waals surface area contributed by atoms with Crippen LogP contribution in [0, 0.1) is 0 Å². The quantitative estimate of drug-likeness (QED) is 0.839. The molecule has 2 aromatic rings. The van der Waals surface area contributed by atoms with Gasteiger partial charge in [0.1, 0.15) is 0 Å². The molecule has 88 valence electrons. The van der Waals surface area contributed by atoms with E-state index in [0.29, 0.717) is 5.57 Å². The number of benzene rings is 2. The maximum absolute atomic E-state index is 11.3. The minimum Gasteiger partial charge on any atom is -0.478 e. The Hall–Kier alpha value is -2.00. The van der Waals surface area contributed by atoms with E-state index in [1.165, 1.54) is 11.8 Å². The largest absolute Gasteiger partial charge is 0.478 e. The lowest BCUT2D eigenvalue weighted by molar-refractivity contribution is -0.130. The first kappa shape index (κ1) is 11.1. The van der Waals surface area contributed by atoms with Gasteiger partial charge in [-0.1, -0.05) is 54.2 Å². The lowest BCUT2D eigenvalue weighted by atomic mass is 9.95. The summed E-state index contributed by atoms with van der Waals surface area (Å²) in [4.78, 5) is 12.4. The summed E-state index contributed by atoms with van der Waals surface area (Å²) in [5.41, 5.74) is 3.20. The molecule has 0 spiro atoms. The van der Waals surface area contributed by atoms with E-state index >= 15 is 0 Å². The van der Waals surface area contributed by atoms with Crippen molar-refractivity contribution in [3.8, 4) is 11.1 Å². The van der Waals surface area contributed by atoms with Crippen LogP contribution in [0.3, 0.4) is 0 Å². The van der Waals surface area contributed by atoms with Crippen molar-refractivity contribution in [2.75, 3.05) is 0 Å². The lowest BCUT2D eigenvalue weighted by Gasteiger charge is -2.09. The van der Waals surface area contributed by atoms with Gasteiger partial charge in [-0.25, -0.2) is 4.79 Å². The number of hydrogen-bond acceptors (Lipinski definition) is 2. The van der Waals surface area contributed by atoms with Gasteiger partial charge in [0.2, 0.25) is 0 Å². The van der Waals surface area contributed by atoms with E-state index in [1.54, 1.807) is 5.41 Å². The number of hydrogen-bond donors (Lipinski definition) is 1. The van der Waals surface area contributed by atoms with Crippen LogP contribution in [0.5, 0.6) is 0 Å². The third kappa shape index (κ3) is 1.73. The van der Waals surface area contributed by atoms with Crippen molar-refractivity contribution in [3.05, 3.63) is 59.5 Å². The topological polar surface area (TPSA) is 37.3 Å². The molecule has 1 aliphatic rings. The van der Waals surface area contributed by atoms with Crippen molar-refractivity contribution in [2.24, 2.45) is 0 Å². The fourth-order valence-corrected chi connectivity index (χ4v) is 3.03. The average Bonchev–Trinajstić information content (AvgIpc) is 2.56. The third-order valence-corrected chi connectivity index (χ3v) is 3.89. The van der Waals surface area contributed by atoms with E-state index in [9.17, 15) is 9.90 Å². The Balaban J connectivity index is 2.32. The number of carboxylic acids is 1. The zero-order valence-corrected chi connectivity index (χ0v) is 10.3. The molecule has 0 fully saturated rings. The van der Waals surface area contributed by atoms with Crippen LogP contribution in [-0.4, -0.2) is 11.1 Å². The van der Waals surface area contributed by atoms with E-state index < -0.39 is 5.97 Å². The van der Waals surface area contributed by atoms with Gasteiger partial charge in [-0.2, -0.15) is 0 Å². The van der Waals surface area contributed by atoms with Crippen LogP contribution >= 0.6 is 11.8 Å². The van der Waals surface area contributed by atoms with Crippen molar-refractivity contribution >= 4 is 23.3 Å². The molecular weight excluding hydrogens is 244 g/mol. The van der Waals surface area contributed by atoms with E-state index in [1.807, 2.05) is 48.5 Å². The van der Waals surface area contributed by atoms with Gasteiger partial charge in [0, 0.05) is 4.90 Å². The normalized spacial score (nSPS) is 13.0. The van der Waals surface area contributed by atoms with Gasteiger partial charge in [-0.15, -0.1) is 0 Å². The van der Waals surface area contributed by atoms with Crippen LogP contribution < -0.4 is 0 Å². The van der Waals surface area contributed by atoms with Crippen molar-refractivity contribution in [3.63, 3.8) is 0 Å². The first-order valence-corrected chi connectivity index (χ1v) is 6.44. The van der Waals surface area contributed by atoms with Crippen LogP contribution in [0.15, 0.2) is 58.8 Å². The van der Waals surface area contributed by atoms with E-state index in [4.69, 9.17) is 0 Å². The van der Waals surface area contributed by atoms with Gasteiger partial charge in [0.15, 0.2) is 0 Å². The molecule has 2 aromatic carbocycles. The second kappa shape index (κ2) is 4.35. The summed E-state index contributed by atoms with van der Waals surface area (Å²) in [5.74, 6) is -0.886. The second-order valence-electron chi connectivity index (χ2n) is 4.00. The molecule has 0 saturated heterocycles. The minimum atomic E-state index is -0.886. The highest BCUT2D eigenvalue weighted by Gasteiger charge is 2.19. The lowest BCUT2D eigenvalue weighted by Crippen LogP contribution is -1.99. The van der Waals surface area contributed by atoms with Crippen molar-refractivity contribution in [1.29, 1.82) is 0 Å². The monoisotopic (exact) mass is 254 g/mol. The van der Waals surface area contributed by atoms with E-state index in [2.05, 4.69) is 0 Å². The summed E-state index contributed by atoms with van der Waals surface area (Å²) in [6, 6.07) is 15.6. The second-order valence-corrected chi connectivity index (χ2v) is 4.91. The SMILES string of the molecule is O=C(O)C1=CSc2ccccc2-c2ccccc21. The zero-order chi connectivity index (χ0) is 12.5. The highest BCUT2D eigenvalue weighted by atomic mass is 32.2. The highest BCUT2D eigenvalue weighted by Crippen LogP contribution is 2.40. The molecule has 2 nitrogen and oxygen atoms in total. The number of carboxylic acid groups (broad SMARTS) is 1. The fraction of sp³-hybridized carbons (Fsp3) is 0. The number of rotatable bonds is 1. The van der Waals surface area contributed by atoms with E-state index in [-0.39, 0.29) is 0 Å². The molecule has 0 aliphatic carbocycles. The Labute approximate surface area is 109 Å². The molecule has 0 radical (unpaired) electrons. The van der Waals surface area contributed by atoms with Crippen LogP contribution in [0.25, 0.3) is 16.7 Å². The summed E-state index contributed by atoms with van der Waals surface area (Å²) in [6.07, 6.45) is 0.